The molecule has 0 saturated carbocycles. The molecule has 206 valence electrons. The zero-order valence-electron chi connectivity index (χ0n) is 22.1. The molecule has 7 rings (SSSR count). The van der Waals surface area contributed by atoms with Gasteiger partial charge in [0.15, 0.2) is 17.5 Å². The first-order valence-corrected chi connectivity index (χ1v) is 13.4. The van der Waals surface area contributed by atoms with E-state index in [1.54, 1.807) is 22.9 Å². The van der Waals surface area contributed by atoms with Crippen LogP contribution >= 0.6 is 11.6 Å². The SMILES string of the molecule is Cc1nn(-c2ccccc2)c2c1[C@@H](c1ccc(F)cc1)N1C(=N2)C(Nc2ccc(Cl)c([N+](=O)[O-])c2)=Nc2ccccc21. The molecule has 0 radical (unpaired) electrons. The number of benzene rings is 4. The third kappa shape index (κ3) is 4.20. The highest BCUT2D eigenvalue weighted by Gasteiger charge is 2.41. The summed E-state index contributed by atoms with van der Waals surface area (Å²) in [5, 5.41) is 19.7. The number of aromatic nitrogens is 2. The topological polar surface area (TPSA) is 101 Å². The van der Waals surface area contributed by atoms with Gasteiger partial charge < -0.3 is 10.2 Å². The van der Waals surface area contributed by atoms with E-state index in [1.165, 1.54) is 24.3 Å². The van der Waals surface area contributed by atoms with Crippen LogP contribution in [-0.4, -0.2) is 26.4 Å². The standard InChI is InChI=1S/C31H21ClFN7O2/c1-18-27-28(19-11-13-20(33)14-12-19)38-25-10-6-5-9-24(25)35-29(34-21-15-16-23(32)26(17-21)40(41)42)31(38)36-30(27)39(37-18)22-7-3-2-4-8-22/h2-17,28H,1H3,(H,34,35)/t28-/m1/s1. The van der Waals surface area contributed by atoms with Gasteiger partial charge >= 0.3 is 0 Å². The minimum Gasteiger partial charge on any atom is -0.337 e. The third-order valence-electron chi connectivity index (χ3n) is 7.23. The smallest absolute Gasteiger partial charge is 0.289 e. The summed E-state index contributed by atoms with van der Waals surface area (Å²) in [4.78, 5) is 23.1. The van der Waals surface area contributed by atoms with Crippen LogP contribution in [0.1, 0.15) is 22.9 Å². The third-order valence-corrected chi connectivity index (χ3v) is 7.55. The summed E-state index contributed by atoms with van der Waals surface area (Å²) in [6, 6.07) is 27.8. The van der Waals surface area contributed by atoms with Crippen LogP contribution in [0.15, 0.2) is 107 Å². The van der Waals surface area contributed by atoms with Crippen LogP contribution in [-0.2, 0) is 0 Å². The molecule has 0 saturated heterocycles. The van der Waals surface area contributed by atoms with Gasteiger partial charge in [0.25, 0.3) is 5.69 Å². The average Bonchev–Trinajstić information content (AvgIpc) is 3.34. The Bertz CT molecular complexity index is 1940. The minimum atomic E-state index is -0.534. The van der Waals surface area contributed by atoms with Crippen molar-refractivity contribution in [2.75, 3.05) is 10.2 Å². The lowest BCUT2D eigenvalue weighted by Crippen LogP contribution is -2.46. The molecule has 5 aromatic rings. The Hall–Kier alpha value is -5.35. The Morgan fingerprint density at radius 2 is 1.69 bits per heavy atom. The second kappa shape index (κ2) is 9.93. The molecule has 2 aliphatic rings. The predicted octanol–water partition coefficient (Wildman–Crippen LogP) is 7.68. The van der Waals surface area contributed by atoms with Crippen molar-refractivity contribution in [3.05, 3.63) is 135 Å². The molecule has 0 fully saturated rings. The lowest BCUT2D eigenvalue weighted by Gasteiger charge is -2.40. The fraction of sp³-hybridized carbons (Fsp3) is 0.0645. The van der Waals surface area contributed by atoms with E-state index >= 15 is 0 Å². The van der Waals surface area contributed by atoms with Gasteiger partial charge in [-0.2, -0.15) is 5.10 Å². The molecule has 0 spiro atoms. The van der Waals surface area contributed by atoms with Crippen LogP contribution in [0.3, 0.4) is 0 Å². The molecule has 4 aromatic carbocycles. The first-order valence-electron chi connectivity index (χ1n) is 13.1. The van der Waals surface area contributed by atoms with Crippen molar-refractivity contribution in [3.8, 4) is 5.69 Å². The molecule has 0 unspecified atom stereocenters. The summed E-state index contributed by atoms with van der Waals surface area (Å²) in [5.74, 6) is 1.12. The van der Waals surface area contributed by atoms with Crippen molar-refractivity contribution >= 4 is 51.8 Å². The van der Waals surface area contributed by atoms with Gasteiger partial charge in [-0.1, -0.05) is 54.1 Å². The highest BCUT2D eigenvalue weighted by Crippen LogP contribution is 2.48. The van der Waals surface area contributed by atoms with E-state index in [9.17, 15) is 14.5 Å². The molecule has 1 aromatic heterocycles. The first-order chi connectivity index (χ1) is 20.4. The van der Waals surface area contributed by atoms with E-state index in [0.717, 1.165) is 28.2 Å². The number of nitro benzene ring substituents is 1. The van der Waals surface area contributed by atoms with Crippen molar-refractivity contribution in [1.82, 2.24) is 9.78 Å². The van der Waals surface area contributed by atoms with Gasteiger partial charge in [0.1, 0.15) is 10.8 Å². The van der Waals surface area contributed by atoms with Gasteiger partial charge in [0, 0.05) is 17.3 Å². The van der Waals surface area contributed by atoms with E-state index in [-0.39, 0.29) is 16.5 Å². The lowest BCUT2D eigenvalue weighted by molar-refractivity contribution is -0.384. The largest absolute Gasteiger partial charge is 0.337 e. The maximum atomic E-state index is 14.1. The molecule has 0 amide bonds. The number of nitrogens with one attached hydrogen (secondary N) is 1. The number of nitrogens with zero attached hydrogens (tertiary/aromatic N) is 6. The Labute approximate surface area is 244 Å². The van der Waals surface area contributed by atoms with Gasteiger partial charge in [-0.3, -0.25) is 10.1 Å². The zero-order chi connectivity index (χ0) is 29.0. The van der Waals surface area contributed by atoms with E-state index in [0.29, 0.717) is 28.9 Å². The number of hydrogen-bond acceptors (Lipinski definition) is 7. The number of fused-ring (bicyclic) bond motifs is 4. The number of halogens is 2. The summed E-state index contributed by atoms with van der Waals surface area (Å²) in [6.45, 7) is 1.94. The van der Waals surface area contributed by atoms with Gasteiger partial charge in [-0.25, -0.2) is 19.1 Å². The number of anilines is 2. The molecule has 1 N–H and O–H groups in total. The first kappa shape index (κ1) is 25.6. The van der Waals surface area contributed by atoms with Crippen molar-refractivity contribution < 1.29 is 9.31 Å². The lowest BCUT2D eigenvalue weighted by atomic mass is 9.93. The second-order valence-corrected chi connectivity index (χ2v) is 10.2. The Balaban J connectivity index is 1.47. The van der Waals surface area contributed by atoms with Crippen LogP contribution in [0.4, 0.5) is 33.0 Å². The van der Waals surface area contributed by atoms with E-state index in [1.807, 2.05) is 61.5 Å². The number of para-hydroxylation sites is 3. The number of hydrogen-bond donors (Lipinski definition) is 1. The number of aryl methyl sites for hydroxylation is 1. The van der Waals surface area contributed by atoms with Crippen LogP contribution in [0.2, 0.25) is 5.02 Å². The Kier molecular flexibility index (Phi) is 6.05. The molecule has 1 atom stereocenters. The zero-order valence-corrected chi connectivity index (χ0v) is 22.8. The summed E-state index contributed by atoms with van der Waals surface area (Å²) < 4.78 is 15.9. The number of aliphatic imine (C=N–C) groups is 2. The highest BCUT2D eigenvalue weighted by atomic mass is 35.5. The quantitative estimate of drug-likeness (QED) is 0.174. The maximum Gasteiger partial charge on any atom is 0.289 e. The molecular weight excluding hydrogens is 557 g/mol. The molecular formula is C31H21ClFN7O2. The van der Waals surface area contributed by atoms with Crippen molar-refractivity contribution in [2.24, 2.45) is 9.98 Å². The fourth-order valence-corrected chi connectivity index (χ4v) is 5.56. The number of amidine groups is 2. The molecule has 0 aliphatic carbocycles. The second-order valence-electron chi connectivity index (χ2n) is 9.83. The molecule has 42 heavy (non-hydrogen) atoms. The van der Waals surface area contributed by atoms with Crippen LogP contribution in [0, 0.1) is 22.9 Å². The highest BCUT2D eigenvalue weighted by molar-refractivity contribution is 6.51. The van der Waals surface area contributed by atoms with Crippen LogP contribution in [0.5, 0.6) is 0 Å². The average molecular weight is 578 g/mol. The summed E-state index contributed by atoms with van der Waals surface area (Å²) in [7, 11) is 0. The van der Waals surface area contributed by atoms with Gasteiger partial charge in [-0.05, 0) is 61.0 Å². The van der Waals surface area contributed by atoms with Crippen molar-refractivity contribution in [3.63, 3.8) is 0 Å². The fourth-order valence-electron chi connectivity index (χ4n) is 5.37. The maximum absolute atomic E-state index is 14.1. The normalized spacial score (nSPS) is 15.2. The molecule has 11 heteroatoms. The number of rotatable bonds is 4. The Morgan fingerprint density at radius 1 is 0.952 bits per heavy atom. The van der Waals surface area contributed by atoms with Gasteiger partial charge in [-0.15, -0.1) is 0 Å². The van der Waals surface area contributed by atoms with E-state index in [2.05, 4.69) is 10.2 Å². The summed E-state index contributed by atoms with van der Waals surface area (Å²) in [6.07, 6.45) is 0. The molecule has 2 aliphatic heterocycles. The molecule has 9 nitrogen and oxygen atoms in total. The predicted molar refractivity (Wildman–Crippen MR) is 161 cm³/mol. The molecule has 3 heterocycles. The number of nitro groups is 1. The monoisotopic (exact) mass is 577 g/mol. The van der Waals surface area contributed by atoms with Gasteiger partial charge in [0.05, 0.1) is 33.7 Å². The summed E-state index contributed by atoms with van der Waals surface area (Å²) in [5.41, 5.74) is 4.96. The Morgan fingerprint density at radius 3 is 2.45 bits per heavy atom. The van der Waals surface area contributed by atoms with E-state index < -0.39 is 11.0 Å². The minimum absolute atomic E-state index is 0.0290. The van der Waals surface area contributed by atoms with Crippen LogP contribution in [0.25, 0.3) is 5.69 Å². The van der Waals surface area contributed by atoms with Crippen molar-refractivity contribution in [1.29, 1.82) is 0 Å². The van der Waals surface area contributed by atoms with Gasteiger partial charge in [0.2, 0.25) is 0 Å². The summed E-state index contributed by atoms with van der Waals surface area (Å²) >= 11 is 6.08. The molecule has 0 bridgehead atoms. The van der Waals surface area contributed by atoms with E-state index in [4.69, 9.17) is 26.7 Å². The van der Waals surface area contributed by atoms with Crippen LogP contribution < -0.4 is 10.2 Å². The van der Waals surface area contributed by atoms with Crippen molar-refractivity contribution in [2.45, 2.75) is 13.0 Å².